The van der Waals surface area contributed by atoms with Crippen LogP contribution in [0.5, 0.6) is 0 Å². The lowest BCUT2D eigenvalue weighted by Crippen LogP contribution is -2.32. The largest absolute Gasteiger partial charge is 0.314 e. The molecule has 1 aromatic rings. The molecule has 1 aromatic heterocycles. The van der Waals surface area contributed by atoms with Crippen LogP contribution in [0.25, 0.3) is 0 Å². The minimum atomic E-state index is 0.701. The first kappa shape index (κ1) is 12.1. The van der Waals surface area contributed by atoms with Gasteiger partial charge in [0.15, 0.2) is 0 Å². The second-order valence-corrected chi connectivity index (χ2v) is 5.96. The molecule has 0 aliphatic heterocycles. The van der Waals surface area contributed by atoms with Crippen LogP contribution in [0.3, 0.4) is 0 Å². The third kappa shape index (κ3) is 3.60. The van der Waals surface area contributed by atoms with Crippen molar-refractivity contribution in [1.82, 2.24) is 5.32 Å². The molecule has 1 N–H and O–H groups in total. The molecular weight excluding hydrogens is 214 g/mol. The van der Waals surface area contributed by atoms with Crippen LogP contribution >= 0.6 is 11.3 Å². The molecular formula is C14H23NS. The third-order valence-electron chi connectivity index (χ3n) is 3.61. The Kier molecular flexibility index (Phi) is 4.86. The number of hydrogen-bond acceptors (Lipinski definition) is 2. The fourth-order valence-electron chi connectivity index (χ4n) is 2.85. The molecule has 0 radical (unpaired) electrons. The zero-order valence-corrected chi connectivity index (χ0v) is 11.1. The highest BCUT2D eigenvalue weighted by molar-refractivity contribution is 7.09. The molecule has 90 valence electrons. The monoisotopic (exact) mass is 237 g/mol. The van der Waals surface area contributed by atoms with Gasteiger partial charge in [0.05, 0.1) is 0 Å². The predicted molar refractivity (Wildman–Crippen MR) is 72.1 cm³/mol. The maximum absolute atomic E-state index is 3.65. The molecule has 16 heavy (non-hydrogen) atoms. The highest BCUT2D eigenvalue weighted by Crippen LogP contribution is 2.29. The number of thiophene rings is 1. The SMILES string of the molecule is CCNC(Cc1cccs1)CC1CCCC1. The average Bonchev–Trinajstić information content (AvgIpc) is 2.91. The lowest BCUT2D eigenvalue weighted by atomic mass is 9.96. The van der Waals surface area contributed by atoms with E-state index in [9.17, 15) is 0 Å². The molecule has 1 atom stereocenters. The van der Waals surface area contributed by atoms with Crippen molar-refractivity contribution < 1.29 is 0 Å². The molecule has 0 aromatic carbocycles. The summed E-state index contributed by atoms with van der Waals surface area (Å²) in [6.07, 6.45) is 8.46. The maximum Gasteiger partial charge on any atom is 0.0118 e. The molecule has 2 rings (SSSR count). The van der Waals surface area contributed by atoms with Crippen molar-refractivity contribution >= 4 is 11.3 Å². The molecule has 1 unspecified atom stereocenters. The first-order valence-electron chi connectivity index (χ1n) is 6.64. The molecule has 0 spiro atoms. The Balaban J connectivity index is 1.83. The van der Waals surface area contributed by atoms with Gasteiger partial charge < -0.3 is 5.32 Å². The predicted octanol–water partition coefficient (Wildman–Crippen LogP) is 3.85. The van der Waals surface area contributed by atoms with Gasteiger partial charge in [-0.05, 0) is 36.8 Å². The van der Waals surface area contributed by atoms with Crippen LogP contribution in [0.2, 0.25) is 0 Å². The van der Waals surface area contributed by atoms with Crippen molar-refractivity contribution in [2.24, 2.45) is 5.92 Å². The van der Waals surface area contributed by atoms with E-state index in [0.717, 1.165) is 12.5 Å². The van der Waals surface area contributed by atoms with Crippen LogP contribution in [-0.4, -0.2) is 12.6 Å². The van der Waals surface area contributed by atoms with E-state index in [-0.39, 0.29) is 0 Å². The highest BCUT2D eigenvalue weighted by Gasteiger charge is 2.19. The molecule has 1 saturated carbocycles. The Morgan fingerprint density at radius 1 is 1.44 bits per heavy atom. The van der Waals surface area contributed by atoms with Gasteiger partial charge in [0, 0.05) is 10.9 Å². The van der Waals surface area contributed by atoms with E-state index in [1.54, 1.807) is 0 Å². The van der Waals surface area contributed by atoms with Crippen molar-refractivity contribution in [3.8, 4) is 0 Å². The Morgan fingerprint density at radius 2 is 2.25 bits per heavy atom. The summed E-state index contributed by atoms with van der Waals surface area (Å²) >= 11 is 1.90. The van der Waals surface area contributed by atoms with Gasteiger partial charge in [0.2, 0.25) is 0 Å². The second-order valence-electron chi connectivity index (χ2n) is 4.92. The summed E-state index contributed by atoms with van der Waals surface area (Å²) in [4.78, 5) is 1.53. The summed E-state index contributed by atoms with van der Waals surface area (Å²) in [6, 6.07) is 5.13. The first-order chi connectivity index (χ1) is 7.88. The van der Waals surface area contributed by atoms with Crippen LogP contribution in [0.4, 0.5) is 0 Å². The molecule has 0 bridgehead atoms. The molecule has 1 nitrogen and oxygen atoms in total. The van der Waals surface area contributed by atoms with E-state index in [2.05, 4.69) is 29.8 Å². The van der Waals surface area contributed by atoms with Gasteiger partial charge in [-0.3, -0.25) is 0 Å². The van der Waals surface area contributed by atoms with Crippen molar-refractivity contribution in [3.05, 3.63) is 22.4 Å². The van der Waals surface area contributed by atoms with Gasteiger partial charge in [-0.15, -0.1) is 11.3 Å². The Morgan fingerprint density at radius 3 is 2.88 bits per heavy atom. The lowest BCUT2D eigenvalue weighted by molar-refractivity contribution is 0.391. The van der Waals surface area contributed by atoms with Crippen molar-refractivity contribution in [2.45, 2.75) is 51.5 Å². The van der Waals surface area contributed by atoms with Crippen LogP contribution < -0.4 is 5.32 Å². The minimum absolute atomic E-state index is 0.701. The summed E-state index contributed by atoms with van der Waals surface area (Å²) in [6.45, 7) is 3.32. The Bertz CT molecular complexity index is 275. The van der Waals surface area contributed by atoms with Crippen LogP contribution in [-0.2, 0) is 6.42 Å². The summed E-state index contributed by atoms with van der Waals surface area (Å²) in [7, 11) is 0. The van der Waals surface area contributed by atoms with E-state index < -0.39 is 0 Å². The van der Waals surface area contributed by atoms with Crippen molar-refractivity contribution in [2.75, 3.05) is 6.54 Å². The Labute approximate surface area is 103 Å². The second kappa shape index (κ2) is 6.41. The summed E-state index contributed by atoms with van der Waals surface area (Å²) in [5, 5.41) is 5.84. The van der Waals surface area contributed by atoms with Gasteiger partial charge in [0.25, 0.3) is 0 Å². The number of rotatable bonds is 6. The maximum atomic E-state index is 3.65. The molecule has 1 aliphatic carbocycles. The fourth-order valence-corrected chi connectivity index (χ4v) is 3.63. The summed E-state index contributed by atoms with van der Waals surface area (Å²) in [5.74, 6) is 0.990. The van der Waals surface area contributed by atoms with E-state index in [1.807, 2.05) is 11.3 Å². The van der Waals surface area contributed by atoms with Gasteiger partial charge >= 0.3 is 0 Å². The summed E-state index contributed by atoms with van der Waals surface area (Å²) < 4.78 is 0. The quantitative estimate of drug-likeness (QED) is 0.792. The zero-order chi connectivity index (χ0) is 11.2. The standard InChI is InChI=1S/C14H23NS/c1-2-15-13(10-12-6-3-4-7-12)11-14-8-5-9-16-14/h5,8-9,12-13,15H,2-4,6-7,10-11H2,1H3. The lowest BCUT2D eigenvalue weighted by Gasteiger charge is -2.20. The van der Waals surface area contributed by atoms with E-state index in [1.165, 1.54) is 43.4 Å². The Hall–Kier alpha value is -0.340. The summed E-state index contributed by atoms with van der Waals surface area (Å²) in [5.41, 5.74) is 0. The fraction of sp³-hybridized carbons (Fsp3) is 0.714. The molecule has 0 amide bonds. The van der Waals surface area contributed by atoms with Crippen molar-refractivity contribution in [3.63, 3.8) is 0 Å². The highest BCUT2D eigenvalue weighted by atomic mass is 32.1. The van der Waals surface area contributed by atoms with Gasteiger partial charge in [-0.25, -0.2) is 0 Å². The topological polar surface area (TPSA) is 12.0 Å². The smallest absolute Gasteiger partial charge is 0.0118 e. The number of nitrogens with one attached hydrogen (secondary N) is 1. The van der Waals surface area contributed by atoms with Crippen LogP contribution in [0.1, 0.15) is 43.9 Å². The number of likely N-dealkylation sites (N-methyl/N-ethyl adjacent to an activating group) is 1. The van der Waals surface area contributed by atoms with Gasteiger partial charge in [-0.2, -0.15) is 0 Å². The van der Waals surface area contributed by atoms with Crippen molar-refractivity contribution in [1.29, 1.82) is 0 Å². The van der Waals surface area contributed by atoms with Crippen LogP contribution in [0.15, 0.2) is 17.5 Å². The van der Waals surface area contributed by atoms with Gasteiger partial charge in [0.1, 0.15) is 0 Å². The molecule has 1 heterocycles. The van der Waals surface area contributed by atoms with E-state index in [4.69, 9.17) is 0 Å². The normalized spacial score (nSPS) is 19.1. The molecule has 1 aliphatic rings. The molecule has 2 heteroatoms. The van der Waals surface area contributed by atoms with E-state index >= 15 is 0 Å². The van der Waals surface area contributed by atoms with E-state index in [0.29, 0.717) is 6.04 Å². The minimum Gasteiger partial charge on any atom is -0.314 e. The zero-order valence-electron chi connectivity index (χ0n) is 10.2. The first-order valence-corrected chi connectivity index (χ1v) is 7.52. The average molecular weight is 237 g/mol. The van der Waals surface area contributed by atoms with Crippen LogP contribution in [0, 0.1) is 5.92 Å². The molecule has 0 saturated heterocycles. The third-order valence-corrected chi connectivity index (χ3v) is 4.51. The van der Waals surface area contributed by atoms with Gasteiger partial charge in [-0.1, -0.05) is 38.7 Å². The number of hydrogen-bond donors (Lipinski definition) is 1. The molecule has 1 fully saturated rings.